The third kappa shape index (κ3) is 3.64. The van der Waals surface area contributed by atoms with Gasteiger partial charge < -0.3 is 10.6 Å². The molecule has 3 aromatic rings. The maximum absolute atomic E-state index is 5.38. The third-order valence-electron chi connectivity index (χ3n) is 3.62. The van der Waals surface area contributed by atoms with Crippen LogP contribution in [0.2, 0.25) is 0 Å². The fourth-order valence-corrected chi connectivity index (χ4v) is 3.28. The van der Waals surface area contributed by atoms with Crippen LogP contribution in [0.5, 0.6) is 0 Å². The summed E-state index contributed by atoms with van der Waals surface area (Å²) in [6.45, 7) is 2.90. The standard InChI is InChI=1S/C18H18N2S2/c1-13(20-18(21)19-12-17-7-4-10-22-17)15-9-8-14-5-2-3-6-16(14)11-15/h2-11,13H,12H2,1H3,(H2,19,20,21)/t13-/m1/s1. The summed E-state index contributed by atoms with van der Waals surface area (Å²) in [6.07, 6.45) is 0. The molecule has 1 aromatic heterocycles. The van der Waals surface area contributed by atoms with Gasteiger partial charge in [-0.05, 0) is 53.0 Å². The van der Waals surface area contributed by atoms with Gasteiger partial charge in [0.15, 0.2) is 5.11 Å². The number of hydrogen-bond acceptors (Lipinski definition) is 2. The molecule has 0 amide bonds. The van der Waals surface area contributed by atoms with Gasteiger partial charge in [0.25, 0.3) is 0 Å². The molecule has 0 unspecified atom stereocenters. The molecule has 0 saturated carbocycles. The first-order valence-corrected chi connectivity index (χ1v) is 8.56. The average Bonchev–Trinajstić information content (AvgIpc) is 3.06. The van der Waals surface area contributed by atoms with Gasteiger partial charge in [-0.3, -0.25) is 0 Å². The van der Waals surface area contributed by atoms with Gasteiger partial charge in [-0.15, -0.1) is 11.3 Å². The number of rotatable bonds is 4. The number of fused-ring (bicyclic) bond motifs is 1. The van der Waals surface area contributed by atoms with E-state index in [1.54, 1.807) is 11.3 Å². The largest absolute Gasteiger partial charge is 0.358 e. The van der Waals surface area contributed by atoms with Crippen LogP contribution in [0.1, 0.15) is 23.4 Å². The Morgan fingerprint density at radius 3 is 2.68 bits per heavy atom. The van der Waals surface area contributed by atoms with E-state index < -0.39 is 0 Å². The van der Waals surface area contributed by atoms with E-state index >= 15 is 0 Å². The molecule has 3 rings (SSSR count). The van der Waals surface area contributed by atoms with Crippen LogP contribution < -0.4 is 10.6 Å². The van der Waals surface area contributed by atoms with Crippen LogP contribution in [0.25, 0.3) is 10.8 Å². The Morgan fingerprint density at radius 2 is 1.91 bits per heavy atom. The van der Waals surface area contributed by atoms with Crippen molar-refractivity contribution < 1.29 is 0 Å². The highest BCUT2D eigenvalue weighted by Gasteiger charge is 2.07. The van der Waals surface area contributed by atoms with Crippen molar-refractivity contribution in [1.29, 1.82) is 0 Å². The highest BCUT2D eigenvalue weighted by atomic mass is 32.1. The fourth-order valence-electron chi connectivity index (χ4n) is 2.39. The lowest BCUT2D eigenvalue weighted by atomic mass is 10.0. The van der Waals surface area contributed by atoms with Crippen molar-refractivity contribution in [3.63, 3.8) is 0 Å². The molecule has 0 spiro atoms. The van der Waals surface area contributed by atoms with Crippen LogP contribution in [0.15, 0.2) is 60.0 Å². The van der Waals surface area contributed by atoms with E-state index in [0.29, 0.717) is 5.11 Å². The van der Waals surface area contributed by atoms with Crippen LogP contribution in [0.4, 0.5) is 0 Å². The molecule has 2 N–H and O–H groups in total. The quantitative estimate of drug-likeness (QED) is 0.684. The van der Waals surface area contributed by atoms with E-state index in [9.17, 15) is 0 Å². The summed E-state index contributed by atoms with van der Waals surface area (Å²) >= 11 is 7.11. The normalized spacial score (nSPS) is 12.0. The lowest BCUT2D eigenvalue weighted by molar-refractivity contribution is 0.700. The van der Waals surface area contributed by atoms with E-state index in [1.807, 2.05) is 0 Å². The molecule has 1 heterocycles. The van der Waals surface area contributed by atoms with Crippen molar-refractivity contribution >= 4 is 39.4 Å². The van der Waals surface area contributed by atoms with Crippen LogP contribution in [-0.2, 0) is 6.54 Å². The molecule has 2 aromatic carbocycles. The second kappa shape index (κ2) is 6.90. The highest BCUT2D eigenvalue weighted by molar-refractivity contribution is 7.80. The Balaban J connectivity index is 1.62. The van der Waals surface area contributed by atoms with Crippen molar-refractivity contribution in [2.45, 2.75) is 19.5 Å². The molecule has 22 heavy (non-hydrogen) atoms. The van der Waals surface area contributed by atoms with Gasteiger partial charge in [-0.1, -0.05) is 42.5 Å². The van der Waals surface area contributed by atoms with Gasteiger partial charge in [0.05, 0.1) is 12.6 Å². The van der Waals surface area contributed by atoms with E-state index in [2.05, 4.69) is 77.5 Å². The molecule has 0 aliphatic rings. The second-order valence-corrected chi connectivity index (χ2v) is 6.68. The number of thiocarbonyl (C=S) groups is 1. The zero-order valence-corrected chi connectivity index (χ0v) is 14.0. The molecule has 2 nitrogen and oxygen atoms in total. The Hall–Kier alpha value is -1.91. The summed E-state index contributed by atoms with van der Waals surface area (Å²) in [5.74, 6) is 0. The molecular formula is C18H18N2S2. The zero-order chi connectivity index (χ0) is 15.4. The van der Waals surface area contributed by atoms with Gasteiger partial charge in [0.2, 0.25) is 0 Å². The monoisotopic (exact) mass is 326 g/mol. The van der Waals surface area contributed by atoms with Crippen LogP contribution in [-0.4, -0.2) is 5.11 Å². The second-order valence-electron chi connectivity index (χ2n) is 5.23. The number of hydrogen-bond donors (Lipinski definition) is 2. The predicted molar refractivity (Wildman–Crippen MR) is 99.3 cm³/mol. The van der Waals surface area contributed by atoms with E-state index in [4.69, 9.17) is 12.2 Å². The van der Waals surface area contributed by atoms with Gasteiger partial charge in [0.1, 0.15) is 0 Å². The number of thiophene rings is 1. The summed E-state index contributed by atoms with van der Waals surface area (Å²) in [7, 11) is 0. The Morgan fingerprint density at radius 1 is 1.09 bits per heavy atom. The van der Waals surface area contributed by atoms with E-state index in [1.165, 1.54) is 21.2 Å². The Bertz CT molecular complexity index is 766. The molecule has 0 bridgehead atoms. The minimum Gasteiger partial charge on any atom is -0.358 e. The smallest absolute Gasteiger partial charge is 0.167 e. The summed E-state index contributed by atoms with van der Waals surface area (Å²) in [5, 5.41) is 11.9. The molecule has 4 heteroatoms. The maximum atomic E-state index is 5.38. The van der Waals surface area contributed by atoms with Crippen LogP contribution >= 0.6 is 23.6 Å². The molecular weight excluding hydrogens is 308 g/mol. The van der Waals surface area contributed by atoms with Gasteiger partial charge >= 0.3 is 0 Å². The predicted octanol–water partition coefficient (Wildman–Crippen LogP) is 4.63. The summed E-state index contributed by atoms with van der Waals surface area (Å²) < 4.78 is 0. The van der Waals surface area contributed by atoms with Crippen LogP contribution in [0, 0.1) is 0 Å². The molecule has 0 fully saturated rings. The molecule has 0 saturated heterocycles. The van der Waals surface area contributed by atoms with Crippen molar-refractivity contribution in [3.05, 3.63) is 70.4 Å². The molecule has 112 valence electrons. The number of benzene rings is 2. The third-order valence-corrected chi connectivity index (χ3v) is 4.76. The fraction of sp³-hybridized carbons (Fsp3) is 0.167. The Kier molecular flexibility index (Phi) is 4.71. The first-order valence-electron chi connectivity index (χ1n) is 7.28. The SMILES string of the molecule is C[C@@H](NC(=S)NCc1cccs1)c1ccc2ccccc2c1. The highest BCUT2D eigenvalue weighted by Crippen LogP contribution is 2.20. The van der Waals surface area contributed by atoms with Gasteiger partial charge in [-0.25, -0.2) is 0 Å². The van der Waals surface area contributed by atoms with Crippen molar-refractivity contribution in [3.8, 4) is 0 Å². The molecule has 0 aliphatic heterocycles. The number of nitrogens with one attached hydrogen (secondary N) is 2. The topological polar surface area (TPSA) is 24.1 Å². The van der Waals surface area contributed by atoms with Gasteiger partial charge in [0, 0.05) is 4.88 Å². The van der Waals surface area contributed by atoms with Crippen molar-refractivity contribution in [2.75, 3.05) is 0 Å². The van der Waals surface area contributed by atoms with Crippen molar-refractivity contribution in [1.82, 2.24) is 10.6 Å². The lowest BCUT2D eigenvalue weighted by Crippen LogP contribution is -2.36. The van der Waals surface area contributed by atoms with E-state index in [-0.39, 0.29) is 6.04 Å². The molecule has 1 atom stereocenters. The lowest BCUT2D eigenvalue weighted by Gasteiger charge is -2.17. The molecule has 0 aliphatic carbocycles. The minimum atomic E-state index is 0.174. The minimum absolute atomic E-state index is 0.174. The average molecular weight is 326 g/mol. The Labute approximate surface area is 140 Å². The summed E-state index contributed by atoms with van der Waals surface area (Å²) in [4.78, 5) is 1.28. The summed E-state index contributed by atoms with van der Waals surface area (Å²) in [6, 6.07) is 19.3. The zero-order valence-electron chi connectivity index (χ0n) is 12.4. The van der Waals surface area contributed by atoms with Gasteiger partial charge in [-0.2, -0.15) is 0 Å². The first kappa shape index (κ1) is 15.0. The summed E-state index contributed by atoms with van der Waals surface area (Å²) in [5.41, 5.74) is 1.24. The van der Waals surface area contributed by atoms with E-state index in [0.717, 1.165) is 6.54 Å². The van der Waals surface area contributed by atoms with Crippen LogP contribution in [0.3, 0.4) is 0 Å². The van der Waals surface area contributed by atoms with Crippen molar-refractivity contribution in [2.24, 2.45) is 0 Å². The first-order chi connectivity index (χ1) is 10.7. The molecule has 0 radical (unpaired) electrons. The maximum Gasteiger partial charge on any atom is 0.167 e.